The number of nitrogens with one attached hydrogen (secondary N) is 1. The zero-order valence-electron chi connectivity index (χ0n) is 11.5. The highest BCUT2D eigenvalue weighted by Gasteiger charge is 2.05. The van der Waals surface area contributed by atoms with Gasteiger partial charge >= 0.3 is 0 Å². The first-order chi connectivity index (χ1) is 9.13. The number of anilines is 1. The molecule has 1 amide bonds. The van der Waals surface area contributed by atoms with Crippen LogP contribution >= 0.6 is 0 Å². The number of carbonyl (C=O) groups is 1. The van der Waals surface area contributed by atoms with Crippen molar-refractivity contribution in [3.05, 3.63) is 18.2 Å². The Morgan fingerprint density at radius 3 is 2.42 bits per heavy atom. The smallest absolute Gasteiger partial charge is 0.224 e. The summed E-state index contributed by atoms with van der Waals surface area (Å²) in [7, 11) is 0. The van der Waals surface area contributed by atoms with Crippen molar-refractivity contribution in [1.82, 2.24) is 0 Å². The van der Waals surface area contributed by atoms with E-state index in [1.54, 1.807) is 6.07 Å². The third kappa shape index (κ3) is 6.13. The Balaban J connectivity index is 2.21. The van der Waals surface area contributed by atoms with Crippen molar-refractivity contribution in [2.45, 2.75) is 51.9 Å². The van der Waals surface area contributed by atoms with E-state index < -0.39 is 0 Å². The van der Waals surface area contributed by atoms with Crippen LogP contribution in [0.5, 0.6) is 11.5 Å². The van der Waals surface area contributed by atoms with Crippen LogP contribution < -0.4 is 5.32 Å². The molecule has 19 heavy (non-hydrogen) atoms. The number of phenols is 2. The molecule has 1 rings (SSSR count). The first-order valence-electron chi connectivity index (χ1n) is 6.95. The molecule has 0 atom stereocenters. The molecule has 4 heteroatoms. The van der Waals surface area contributed by atoms with Gasteiger partial charge in [-0.1, -0.05) is 39.0 Å². The predicted molar refractivity (Wildman–Crippen MR) is 76.4 cm³/mol. The molecule has 0 aromatic heterocycles. The van der Waals surface area contributed by atoms with Crippen molar-refractivity contribution in [3.63, 3.8) is 0 Å². The van der Waals surface area contributed by atoms with Gasteiger partial charge in [-0.15, -0.1) is 0 Å². The van der Waals surface area contributed by atoms with E-state index >= 15 is 0 Å². The van der Waals surface area contributed by atoms with E-state index in [0.29, 0.717) is 12.1 Å². The number of benzene rings is 1. The fourth-order valence-electron chi connectivity index (χ4n) is 1.89. The number of carbonyl (C=O) groups excluding carboxylic acids is 1. The summed E-state index contributed by atoms with van der Waals surface area (Å²) in [4.78, 5) is 11.6. The van der Waals surface area contributed by atoms with E-state index in [4.69, 9.17) is 5.11 Å². The Morgan fingerprint density at radius 1 is 1.05 bits per heavy atom. The zero-order valence-corrected chi connectivity index (χ0v) is 11.5. The molecule has 0 aliphatic heterocycles. The van der Waals surface area contributed by atoms with Gasteiger partial charge in [-0.05, 0) is 18.6 Å². The molecule has 3 N–H and O–H groups in total. The lowest BCUT2D eigenvalue weighted by Gasteiger charge is -2.06. The van der Waals surface area contributed by atoms with Crippen molar-refractivity contribution < 1.29 is 15.0 Å². The van der Waals surface area contributed by atoms with Crippen LogP contribution in [0.3, 0.4) is 0 Å². The molecule has 1 aromatic carbocycles. The molecule has 0 spiro atoms. The normalized spacial score (nSPS) is 10.4. The standard InChI is InChI=1S/C15H23NO3/c1-2-3-4-5-6-7-8-15(19)16-12-9-10-13(17)14(18)11-12/h9-11,17-18H,2-8H2,1H3,(H,16,19). The second kappa shape index (κ2) is 8.40. The molecule has 4 nitrogen and oxygen atoms in total. The molecule has 0 unspecified atom stereocenters. The minimum absolute atomic E-state index is 0.0550. The highest BCUT2D eigenvalue weighted by atomic mass is 16.3. The number of hydrogen-bond acceptors (Lipinski definition) is 3. The minimum atomic E-state index is -0.225. The second-order valence-corrected chi connectivity index (χ2v) is 4.77. The number of phenolic OH excluding ortho intramolecular Hbond substituents is 2. The maximum absolute atomic E-state index is 11.6. The monoisotopic (exact) mass is 265 g/mol. The Bertz CT molecular complexity index is 404. The minimum Gasteiger partial charge on any atom is -0.504 e. The lowest BCUT2D eigenvalue weighted by molar-refractivity contribution is -0.116. The fraction of sp³-hybridized carbons (Fsp3) is 0.533. The third-order valence-electron chi connectivity index (χ3n) is 3.02. The van der Waals surface area contributed by atoms with Gasteiger partial charge in [-0.3, -0.25) is 4.79 Å². The molecule has 0 aliphatic carbocycles. The SMILES string of the molecule is CCCCCCCCC(=O)Nc1ccc(O)c(O)c1. The predicted octanol–water partition coefficient (Wildman–Crippen LogP) is 3.79. The first kappa shape index (κ1) is 15.3. The van der Waals surface area contributed by atoms with Crippen LogP contribution in [0.25, 0.3) is 0 Å². The molecular formula is C15H23NO3. The van der Waals surface area contributed by atoms with E-state index in [1.807, 2.05) is 0 Å². The zero-order chi connectivity index (χ0) is 14.1. The number of unbranched alkanes of at least 4 members (excludes halogenated alkanes) is 5. The highest BCUT2D eigenvalue weighted by Crippen LogP contribution is 2.27. The number of amides is 1. The van der Waals surface area contributed by atoms with E-state index in [1.165, 1.54) is 37.8 Å². The van der Waals surface area contributed by atoms with Crippen LogP contribution in [0.15, 0.2) is 18.2 Å². The van der Waals surface area contributed by atoms with E-state index in [0.717, 1.165) is 12.8 Å². The Hall–Kier alpha value is -1.71. The summed E-state index contributed by atoms with van der Waals surface area (Å²) in [5.41, 5.74) is 0.506. The molecule has 1 aromatic rings. The lowest BCUT2D eigenvalue weighted by Crippen LogP contribution is -2.10. The summed E-state index contributed by atoms with van der Waals surface area (Å²) in [5.74, 6) is -0.466. The molecular weight excluding hydrogens is 242 g/mol. The first-order valence-corrected chi connectivity index (χ1v) is 6.95. The van der Waals surface area contributed by atoms with Crippen molar-refractivity contribution in [2.75, 3.05) is 5.32 Å². The quantitative estimate of drug-likeness (QED) is 0.380. The average Bonchev–Trinajstić information content (AvgIpc) is 2.38. The maximum atomic E-state index is 11.6. The summed E-state index contributed by atoms with van der Waals surface area (Å²) < 4.78 is 0. The molecule has 0 radical (unpaired) electrons. The Labute approximate surface area is 114 Å². The maximum Gasteiger partial charge on any atom is 0.224 e. The lowest BCUT2D eigenvalue weighted by atomic mass is 10.1. The molecule has 0 saturated heterocycles. The van der Waals surface area contributed by atoms with E-state index in [2.05, 4.69) is 12.2 Å². The average molecular weight is 265 g/mol. The second-order valence-electron chi connectivity index (χ2n) is 4.77. The van der Waals surface area contributed by atoms with Gasteiger partial charge < -0.3 is 15.5 Å². The summed E-state index contributed by atoms with van der Waals surface area (Å²) in [6.07, 6.45) is 7.37. The van der Waals surface area contributed by atoms with Gasteiger partial charge in [0.1, 0.15) is 0 Å². The summed E-state index contributed by atoms with van der Waals surface area (Å²) in [5, 5.41) is 21.2. The third-order valence-corrected chi connectivity index (χ3v) is 3.02. The van der Waals surface area contributed by atoms with Gasteiger partial charge in [-0.2, -0.15) is 0 Å². The van der Waals surface area contributed by atoms with Crippen molar-refractivity contribution in [1.29, 1.82) is 0 Å². The highest BCUT2D eigenvalue weighted by molar-refractivity contribution is 5.91. The molecule has 0 saturated carbocycles. The van der Waals surface area contributed by atoms with Gasteiger partial charge in [0.2, 0.25) is 5.91 Å². The van der Waals surface area contributed by atoms with E-state index in [9.17, 15) is 9.90 Å². The van der Waals surface area contributed by atoms with Crippen LogP contribution in [0.4, 0.5) is 5.69 Å². The van der Waals surface area contributed by atoms with E-state index in [-0.39, 0.29) is 17.4 Å². The van der Waals surface area contributed by atoms with Crippen LogP contribution in [0.2, 0.25) is 0 Å². The summed E-state index contributed by atoms with van der Waals surface area (Å²) in [6.45, 7) is 2.18. The van der Waals surface area contributed by atoms with Crippen molar-refractivity contribution in [3.8, 4) is 11.5 Å². The number of hydrogen-bond donors (Lipinski definition) is 3. The van der Waals surface area contributed by atoms with Gasteiger partial charge in [0.05, 0.1) is 0 Å². The van der Waals surface area contributed by atoms with Crippen LogP contribution in [-0.4, -0.2) is 16.1 Å². The molecule has 0 bridgehead atoms. The van der Waals surface area contributed by atoms with Crippen molar-refractivity contribution >= 4 is 11.6 Å². The van der Waals surface area contributed by atoms with Crippen LogP contribution in [0, 0.1) is 0 Å². The molecule has 0 aliphatic rings. The fourth-order valence-corrected chi connectivity index (χ4v) is 1.89. The van der Waals surface area contributed by atoms with Gasteiger partial charge in [0.15, 0.2) is 11.5 Å². The molecule has 0 fully saturated rings. The Morgan fingerprint density at radius 2 is 1.74 bits per heavy atom. The van der Waals surface area contributed by atoms with Gasteiger partial charge in [-0.25, -0.2) is 0 Å². The number of aromatic hydroxyl groups is 2. The largest absolute Gasteiger partial charge is 0.504 e. The molecule has 106 valence electrons. The summed E-state index contributed by atoms with van der Waals surface area (Å²) in [6, 6.07) is 4.26. The summed E-state index contributed by atoms with van der Waals surface area (Å²) >= 11 is 0. The Kier molecular flexibility index (Phi) is 6.79. The van der Waals surface area contributed by atoms with Gasteiger partial charge in [0.25, 0.3) is 0 Å². The van der Waals surface area contributed by atoms with Gasteiger partial charge in [0, 0.05) is 18.2 Å². The van der Waals surface area contributed by atoms with Crippen LogP contribution in [-0.2, 0) is 4.79 Å². The molecule has 0 heterocycles. The topological polar surface area (TPSA) is 69.6 Å². The van der Waals surface area contributed by atoms with Crippen molar-refractivity contribution in [2.24, 2.45) is 0 Å². The van der Waals surface area contributed by atoms with Crippen LogP contribution in [0.1, 0.15) is 51.9 Å². The number of rotatable bonds is 8.